The van der Waals surface area contributed by atoms with E-state index < -0.39 is 0 Å². The Hall–Kier alpha value is -2.43. The molecule has 1 aliphatic rings. The molecular weight excluding hydrogens is 242 g/mol. The maximum absolute atomic E-state index is 11.8. The summed E-state index contributed by atoms with van der Waals surface area (Å²) in [4.78, 5) is 19.6. The average molecular weight is 255 g/mol. The van der Waals surface area contributed by atoms with E-state index in [0.717, 1.165) is 24.3 Å². The van der Waals surface area contributed by atoms with Crippen LogP contribution in [-0.2, 0) is 13.0 Å². The van der Waals surface area contributed by atoms with Gasteiger partial charge in [0.2, 0.25) is 0 Å². The molecule has 1 aliphatic heterocycles. The van der Waals surface area contributed by atoms with E-state index in [1.165, 1.54) is 24.2 Å². The van der Waals surface area contributed by atoms with E-state index in [9.17, 15) is 4.79 Å². The molecule has 0 saturated heterocycles. The van der Waals surface area contributed by atoms with Gasteiger partial charge >= 0.3 is 0 Å². The van der Waals surface area contributed by atoms with E-state index in [0.29, 0.717) is 12.2 Å². The number of carbonyl (C=O) groups is 1. The lowest BCUT2D eigenvalue weighted by atomic mass is 10.1. The van der Waals surface area contributed by atoms with Gasteiger partial charge in [-0.25, -0.2) is 4.98 Å². The van der Waals surface area contributed by atoms with Gasteiger partial charge in [0, 0.05) is 25.4 Å². The van der Waals surface area contributed by atoms with Crippen LogP contribution < -0.4 is 10.1 Å². The molecule has 2 heterocycles. The lowest BCUT2D eigenvalue weighted by Gasteiger charge is -2.06. The third-order valence-electron chi connectivity index (χ3n) is 3.00. The van der Waals surface area contributed by atoms with Crippen molar-refractivity contribution in [3.05, 3.63) is 53.6 Å². The van der Waals surface area contributed by atoms with Crippen LogP contribution in [0.4, 0.5) is 0 Å². The van der Waals surface area contributed by atoms with Crippen molar-refractivity contribution in [3.63, 3.8) is 0 Å². The number of hydrogen-bond donors (Lipinski definition) is 1. The predicted octanol–water partition coefficient (Wildman–Crippen LogP) is 1.34. The number of nitrogens with one attached hydrogen (secondary N) is 1. The van der Waals surface area contributed by atoms with Crippen LogP contribution in [0.3, 0.4) is 0 Å². The van der Waals surface area contributed by atoms with Crippen molar-refractivity contribution in [2.24, 2.45) is 0 Å². The van der Waals surface area contributed by atoms with Crippen LogP contribution in [-0.4, -0.2) is 22.5 Å². The monoisotopic (exact) mass is 255 g/mol. The van der Waals surface area contributed by atoms with Gasteiger partial charge in [0.15, 0.2) is 0 Å². The minimum Gasteiger partial charge on any atom is -0.493 e. The highest BCUT2D eigenvalue weighted by Gasteiger charge is 2.12. The van der Waals surface area contributed by atoms with Crippen molar-refractivity contribution < 1.29 is 9.53 Å². The minimum atomic E-state index is -0.218. The van der Waals surface area contributed by atoms with E-state index >= 15 is 0 Å². The fourth-order valence-electron chi connectivity index (χ4n) is 2.04. The van der Waals surface area contributed by atoms with Crippen LogP contribution in [0, 0.1) is 0 Å². The van der Waals surface area contributed by atoms with Gasteiger partial charge in [0.25, 0.3) is 5.91 Å². The number of fused-ring (bicyclic) bond motifs is 1. The number of amides is 1. The maximum atomic E-state index is 11.8. The number of nitrogens with zero attached hydrogens (tertiary/aromatic N) is 2. The molecule has 3 rings (SSSR count). The van der Waals surface area contributed by atoms with Crippen molar-refractivity contribution in [2.45, 2.75) is 13.0 Å². The number of hydrogen-bond acceptors (Lipinski definition) is 4. The summed E-state index contributed by atoms with van der Waals surface area (Å²) in [5.74, 6) is 0.730. The zero-order valence-electron chi connectivity index (χ0n) is 10.3. The summed E-state index contributed by atoms with van der Waals surface area (Å²) >= 11 is 0. The smallest absolute Gasteiger partial charge is 0.271 e. The molecule has 0 unspecified atom stereocenters. The Labute approximate surface area is 110 Å². The fraction of sp³-hybridized carbons (Fsp3) is 0.214. The van der Waals surface area contributed by atoms with E-state index in [-0.39, 0.29) is 5.91 Å². The minimum absolute atomic E-state index is 0.218. The Bertz CT molecular complexity index is 599. The summed E-state index contributed by atoms with van der Waals surface area (Å²) in [7, 11) is 0. The normalized spacial score (nSPS) is 12.6. The molecular formula is C14H13N3O2. The topological polar surface area (TPSA) is 64.1 Å². The first-order valence-electron chi connectivity index (χ1n) is 6.12. The first kappa shape index (κ1) is 11.6. The quantitative estimate of drug-likeness (QED) is 0.899. The van der Waals surface area contributed by atoms with E-state index in [4.69, 9.17) is 4.74 Å². The van der Waals surface area contributed by atoms with Crippen molar-refractivity contribution in [2.75, 3.05) is 6.61 Å². The summed E-state index contributed by atoms with van der Waals surface area (Å²) < 4.78 is 5.44. The zero-order chi connectivity index (χ0) is 13.1. The summed E-state index contributed by atoms with van der Waals surface area (Å²) in [5.41, 5.74) is 2.58. The lowest BCUT2D eigenvalue weighted by Crippen LogP contribution is -2.23. The van der Waals surface area contributed by atoms with Crippen LogP contribution in [0.25, 0.3) is 0 Å². The summed E-state index contributed by atoms with van der Waals surface area (Å²) in [6, 6.07) is 5.98. The Kier molecular flexibility index (Phi) is 3.10. The number of carbonyl (C=O) groups excluding carboxylic acids is 1. The zero-order valence-corrected chi connectivity index (χ0v) is 10.3. The van der Waals surface area contributed by atoms with Gasteiger partial charge in [0.05, 0.1) is 12.8 Å². The molecule has 1 N–H and O–H groups in total. The molecule has 0 atom stereocenters. The van der Waals surface area contributed by atoms with E-state index in [1.807, 2.05) is 12.1 Å². The maximum Gasteiger partial charge on any atom is 0.271 e. The second-order valence-electron chi connectivity index (χ2n) is 4.31. The molecule has 1 aromatic heterocycles. The van der Waals surface area contributed by atoms with Crippen LogP contribution in [0.5, 0.6) is 5.75 Å². The van der Waals surface area contributed by atoms with Crippen LogP contribution >= 0.6 is 0 Å². The van der Waals surface area contributed by atoms with Crippen LogP contribution in [0.1, 0.15) is 21.6 Å². The first-order valence-corrected chi connectivity index (χ1v) is 6.12. The Morgan fingerprint density at radius 2 is 2.32 bits per heavy atom. The van der Waals surface area contributed by atoms with Gasteiger partial charge in [-0.05, 0) is 17.2 Å². The SMILES string of the molecule is O=C(NCc1ccc2c(c1)CCO2)c1cnccn1. The third kappa shape index (κ3) is 2.54. The fourth-order valence-corrected chi connectivity index (χ4v) is 2.04. The number of aromatic nitrogens is 2. The summed E-state index contributed by atoms with van der Waals surface area (Å²) in [6.07, 6.45) is 5.42. The molecule has 5 heteroatoms. The second-order valence-corrected chi connectivity index (χ2v) is 4.31. The molecule has 0 bridgehead atoms. The molecule has 2 aromatic rings. The van der Waals surface area contributed by atoms with Gasteiger partial charge in [-0.2, -0.15) is 0 Å². The molecule has 5 nitrogen and oxygen atoms in total. The largest absolute Gasteiger partial charge is 0.493 e. The average Bonchev–Trinajstić information content (AvgIpc) is 2.93. The van der Waals surface area contributed by atoms with Gasteiger partial charge in [0.1, 0.15) is 11.4 Å². The van der Waals surface area contributed by atoms with E-state index in [2.05, 4.69) is 21.4 Å². The highest BCUT2D eigenvalue weighted by atomic mass is 16.5. The molecule has 0 fully saturated rings. The van der Waals surface area contributed by atoms with Crippen molar-refractivity contribution in [1.29, 1.82) is 0 Å². The number of rotatable bonds is 3. The lowest BCUT2D eigenvalue weighted by molar-refractivity contribution is 0.0945. The molecule has 0 aliphatic carbocycles. The number of benzene rings is 1. The van der Waals surface area contributed by atoms with Crippen LogP contribution in [0.15, 0.2) is 36.8 Å². The molecule has 19 heavy (non-hydrogen) atoms. The predicted molar refractivity (Wildman–Crippen MR) is 68.8 cm³/mol. The molecule has 0 spiro atoms. The van der Waals surface area contributed by atoms with Crippen molar-refractivity contribution in [1.82, 2.24) is 15.3 Å². The van der Waals surface area contributed by atoms with Crippen molar-refractivity contribution >= 4 is 5.91 Å². The van der Waals surface area contributed by atoms with Gasteiger partial charge in [-0.1, -0.05) is 12.1 Å². The second kappa shape index (κ2) is 5.06. The summed E-state index contributed by atoms with van der Waals surface area (Å²) in [6.45, 7) is 1.22. The summed E-state index contributed by atoms with van der Waals surface area (Å²) in [5, 5.41) is 2.82. The first-order chi connectivity index (χ1) is 9.33. The Balaban J connectivity index is 1.65. The van der Waals surface area contributed by atoms with E-state index in [1.54, 1.807) is 0 Å². The Morgan fingerprint density at radius 1 is 1.37 bits per heavy atom. The highest BCUT2D eigenvalue weighted by Crippen LogP contribution is 2.25. The van der Waals surface area contributed by atoms with Gasteiger partial charge in [-0.3, -0.25) is 9.78 Å². The molecule has 0 saturated carbocycles. The number of ether oxygens (including phenoxy) is 1. The molecule has 1 amide bonds. The molecule has 0 radical (unpaired) electrons. The van der Waals surface area contributed by atoms with Gasteiger partial charge in [-0.15, -0.1) is 0 Å². The standard InChI is InChI=1S/C14H13N3O2/c18-14(12-9-15-4-5-16-12)17-8-10-1-2-13-11(7-10)3-6-19-13/h1-2,4-5,7,9H,3,6,8H2,(H,17,18). The Morgan fingerprint density at radius 3 is 3.16 bits per heavy atom. The molecule has 96 valence electrons. The van der Waals surface area contributed by atoms with Crippen LogP contribution in [0.2, 0.25) is 0 Å². The van der Waals surface area contributed by atoms with Gasteiger partial charge < -0.3 is 10.1 Å². The third-order valence-corrected chi connectivity index (χ3v) is 3.00. The molecule has 1 aromatic carbocycles. The highest BCUT2D eigenvalue weighted by molar-refractivity contribution is 5.91. The van der Waals surface area contributed by atoms with Crippen molar-refractivity contribution in [3.8, 4) is 5.75 Å².